The highest BCUT2D eigenvalue weighted by molar-refractivity contribution is 9.11. The fraction of sp³-hybridized carbons (Fsp3) is 0.524. The van der Waals surface area contributed by atoms with Crippen molar-refractivity contribution in [3.63, 3.8) is 0 Å². The number of Topliss-reactive ketones (excluding diaryl/α,β-unsaturated/α-hetero) is 1. The maximum absolute atomic E-state index is 13.1. The standard InChI is InChI=1S/C21H25BrN2O3S/c1-13-18-15(25)10-21(2,3)11-16(18)27-19(13)20(26)24-8-6-23(7-9-24)12-14-4-5-17(22)28-14/h4-5H,6-12H2,1-3H3. The minimum atomic E-state index is -0.114. The van der Waals surface area contributed by atoms with E-state index in [0.29, 0.717) is 48.6 Å². The first-order chi connectivity index (χ1) is 13.2. The van der Waals surface area contributed by atoms with Crippen molar-refractivity contribution in [2.75, 3.05) is 26.2 Å². The number of piperazine rings is 1. The van der Waals surface area contributed by atoms with Crippen LogP contribution in [0.15, 0.2) is 20.3 Å². The van der Waals surface area contributed by atoms with Gasteiger partial charge in [-0.25, -0.2) is 0 Å². The van der Waals surface area contributed by atoms with Crippen molar-refractivity contribution >= 4 is 39.0 Å². The zero-order chi connectivity index (χ0) is 20.1. The Morgan fingerprint density at radius 2 is 1.93 bits per heavy atom. The first kappa shape index (κ1) is 19.9. The van der Waals surface area contributed by atoms with E-state index in [0.717, 1.165) is 23.4 Å². The topological polar surface area (TPSA) is 53.8 Å². The molecule has 7 heteroatoms. The van der Waals surface area contributed by atoms with Gasteiger partial charge in [0, 0.05) is 56.0 Å². The number of hydrogen-bond acceptors (Lipinski definition) is 5. The van der Waals surface area contributed by atoms with Crippen LogP contribution in [0.25, 0.3) is 0 Å². The number of nitrogens with zero attached hydrogens (tertiary/aromatic N) is 2. The lowest BCUT2D eigenvalue weighted by atomic mass is 9.76. The van der Waals surface area contributed by atoms with Gasteiger partial charge in [-0.2, -0.15) is 0 Å². The first-order valence-electron chi connectivity index (χ1n) is 9.65. The molecule has 0 radical (unpaired) electrons. The van der Waals surface area contributed by atoms with Crippen molar-refractivity contribution in [3.8, 4) is 0 Å². The number of hydrogen-bond donors (Lipinski definition) is 0. The molecule has 2 aromatic heterocycles. The minimum Gasteiger partial charge on any atom is -0.455 e. The van der Waals surface area contributed by atoms with Gasteiger partial charge >= 0.3 is 0 Å². The molecule has 150 valence electrons. The van der Waals surface area contributed by atoms with Crippen LogP contribution in [0, 0.1) is 12.3 Å². The molecule has 1 amide bonds. The van der Waals surface area contributed by atoms with Crippen LogP contribution >= 0.6 is 27.3 Å². The van der Waals surface area contributed by atoms with Gasteiger partial charge in [-0.05, 0) is 40.4 Å². The molecule has 2 aliphatic rings. The molecule has 1 aliphatic carbocycles. The largest absolute Gasteiger partial charge is 0.455 e. The van der Waals surface area contributed by atoms with Crippen molar-refractivity contribution in [1.29, 1.82) is 0 Å². The lowest BCUT2D eigenvalue weighted by Crippen LogP contribution is -2.48. The molecule has 5 nitrogen and oxygen atoms in total. The molecule has 0 saturated carbocycles. The van der Waals surface area contributed by atoms with E-state index in [1.165, 1.54) is 4.88 Å². The van der Waals surface area contributed by atoms with Crippen LogP contribution in [0.4, 0.5) is 0 Å². The van der Waals surface area contributed by atoms with E-state index in [4.69, 9.17) is 4.42 Å². The number of amides is 1. The molecule has 2 aromatic rings. The van der Waals surface area contributed by atoms with Gasteiger partial charge in [-0.1, -0.05) is 13.8 Å². The maximum Gasteiger partial charge on any atom is 0.289 e. The van der Waals surface area contributed by atoms with E-state index in [1.807, 2.05) is 11.8 Å². The number of halogens is 1. The molecule has 4 rings (SSSR count). The van der Waals surface area contributed by atoms with E-state index in [2.05, 4.69) is 46.8 Å². The van der Waals surface area contributed by atoms with Gasteiger partial charge in [0.15, 0.2) is 11.5 Å². The Bertz CT molecular complexity index is 922. The van der Waals surface area contributed by atoms with Gasteiger partial charge in [0.1, 0.15) is 5.76 Å². The summed E-state index contributed by atoms with van der Waals surface area (Å²) in [5.74, 6) is 1.05. The second-order valence-electron chi connectivity index (χ2n) is 8.57. The summed E-state index contributed by atoms with van der Waals surface area (Å²) in [6.45, 7) is 9.92. The third-order valence-electron chi connectivity index (χ3n) is 5.64. The molecule has 0 atom stereocenters. The third-order valence-corrected chi connectivity index (χ3v) is 7.25. The molecule has 0 spiro atoms. The van der Waals surface area contributed by atoms with Gasteiger partial charge in [0.25, 0.3) is 5.91 Å². The minimum absolute atomic E-state index is 0.0870. The van der Waals surface area contributed by atoms with E-state index < -0.39 is 0 Å². The highest BCUT2D eigenvalue weighted by Crippen LogP contribution is 2.38. The smallest absolute Gasteiger partial charge is 0.289 e. The number of furan rings is 1. The Kier molecular flexibility index (Phi) is 5.27. The summed E-state index contributed by atoms with van der Waals surface area (Å²) in [4.78, 5) is 31.2. The number of fused-ring (bicyclic) bond motifs is 1. The SMILES string of the molecule is Cc1c(C(=O)N2CCN(Cc3ccc(Br)s3)CC2)oc2c1C(=O)CC(C)(C)C2. The van der Waals surface area contributed by atoms with Crippen LogP contribution in [0.1, 0.15) is 57.4 Å². The zero-order valence-electron chi connectivity index (χ0n) is 16.5. The molecule has 1 aliphatic heterocycles. The summed E-state index contributed by atoms with van der Waals surface area (Å²) in [6, 6.07) is 4.21. The summed E-state index contributed by atoms with van der Waals surface area (Å²) in [5, 5.41) is 0. The molecule has 0 aromatic carbocycles. The normalized spacial score (nSPS) is 19.7. The molecule has 0 bridgehead atoms. The Balaban J connectivity index is 1.44. The zero-order valence-corrected chi connectivity index (χ0v) is 18.9. The van der Waals surface area contributed by atoms with Crippen molar-refractivity contribution in [3.05, 3.63) is 43.4 Å². The Morgan fingerprint density at radius 1 is 1.21 bits per heavy atom. The van der Waals surface area contributed by atoms with Crippen molar-refractivity contribution in [2.24, 2.45) is 5.41 Å². The highest BCUT2D eigenvalue weighted by Gasteiger charge is 2.38. The average Bonchev–Trinajstić information content (AvgIpc) is 3.17. The average molecular weight is 465 g/mol. The lowest BCUT2D eigenvalue weighted by Gasteiger charge is -2.34. The van der Waals surface area contributed by atoms with E-state index in [1.54, 1.807) is 11.3 Å². The molecular weight excluding hydrogens is 440 g/mol. The summed E-state index contributed by atoms with van der Waals surface area (Å²) in [7, 11) is 0. The fourth-order valence-electron chi connectivity index (χ4n) is 4.20. The second kappa shape index (κ2) is 7.43. The summed E-state index contributed by atoms with van der Waals surface area (Å²) in [6.07, 6.45) is 1.21. The van der Waals surface area contributed by atoms with Crippen LogP contribution in [0.5, 0.6) is 0 Å². The van der Waals surface area contributed by atoms with Crippen LogP contribution in [-0.2, 0) is 13.0 Å². The predicted molar refractivity (Wildman–Crippen MR) is 113 cm³/mol. The molecule has 1 saturated heterocycles. The summed E-state index contributed by atoms with van der Waals surface area (Å²) < 4.78 is 7.10. The van der Waals surface area contributed by atoms with Crippen molar-refractivity contribution in [1.82, 2.24) is 9.80 Å². The number of carbonyl (C=O) groups is 2. The highest BCUT2D eigenvalue weighted by atomic mass is 79.9. The summed E-state index contributed by atoms with van der Waals surface area (Å²) in [5.41, 5.74) is 1.24. The Labute approximate surface area is 177 Å². The Morgan fingerprint density at radius 3 is 2.57 bits per heavy atom. The molecule has 0 N–H and O–H groups in total. The van der Waals surface area contributed by atoms with Gasteiger partial charge in [-0.15, -0.1) is 11.3 Å². The molecule has 1 fully saturated rings. The molecular formula is C21H25BrN2O3S. The molecule has 3 heterocycles. The van der Waals surface area contributed by atoms with Crippen molar-refractivity contribution < 1.29 is 14.0 Å². The number of thiophene rings is 1. The van der Waals surface area contributed by atoms with E-state index >= 15 is 0 Å². The fourth-order valence-corrected chi connectivity index (χ4v) is 5.72. The number of carbonyl (C=O) groups excluding carboxylic acids is 2. The maximum atomic E-state index is 13.1. The van der Waals surface area contributed by atoms with Gasteiger partial charge < -0.3 is 9.32 Å². The van der Waals surface area contributed by atoms with Crippen LogP contribution in [0.3, 0.4) is 0 Å². The molecule has 28 heavy (non-hydrogen) atoms. The quantitative estimate of drug-likeness (QED) is 0.669. The van der Waals surface area contributed by atoms with Crippen LogP contribution in [-0.4, -0.2) is 47.7 Å². The van der Waals surface area contributed by atoms with E-state index in [-0.39, 0.29) is 17.1 Å². The van der Waals surface area contributed by atoms with Gasteiger partial charge in [-0.3, -0.25) is 14.5 Å². The van der Waals surface area contributed by atoms with Gasteiger partial charge in [0.05, 0.1) is 9.35 Å². The lowest BCUT2D eigenvalue weighted by molar-refractivity contribution is 0.0594. The monoisotopic (exact) mass is 464 g/mol. The van der Waals surface area contributed by atoms with Gasteiger partial charge in [0.2, 0.25) is 0 Å². The predicted octanol–water partition coefficient (Wildman–Crippen LogP) is 4.53. The second-order valence-corrected chi connectivity index (χ2v) is 11.1. The van der Waals surface area contributed by atoms with Crippen LogP contribution in [0.2, 0.25) is 0 Å². The van der Waals surface area contributed by atoms with Crippen LogP contribution < -0.4 is 0 Å². The number of rotatable bonds is 3. The number of ketones is 1. The third kappa shape index (κ3) is 3.84. The Hall–Kier alpha value is -1.44. The first-order valence-corrected chi connectivity index (χ1v) is 11.3. The van der Waals surface area contributed by atoms with E-state index in [9.17, 15) is 9.59 Å². The molecule has 0 unspecified atom stereocenters. The summed E-state index contributed by atoms with van der Waals surface area (Å²) >= 11 is 5.26. The van der Waals surface area contributed by atoms with Crippen molar-refractivity contribution in [2.45, 2.75) is 40.2 Å².